The predicted octanol–water partition coefficient (Wildman–Crippen LogP) is 6.76. The van der Waals surface area contributed by atoms with Crippen molar-refractivity contribution in [1.29, 1.82) is 0 Å². The van der Waals surface area contributed by atoms with Crippen LogP contribution in [0.2, 0.25) is 0 Å². The summed E-state index contributed by atoms with van der Waals surface area (Å²) in [6.45, 7) is 6.29. The van der Waals surface area contributed by atoms with Crippen molar-refractivity contribution in [2.24, 2.45) is 17.3 Å². The molecule has 6 atom stereocenters. The lowest BCUT2D eigenvalue weighted by Gasteiger charge is -2.35. The molecule has 2 bridgehead atoms. The molecule has 3 aliphatic carbocycles. The van der Waals surface area contributed by atoms with E-state index >= 15 is 22.0 Å². The summed E-state index contributed by atoms with van der Waals surface area (Å²) < 4.78 is 84.2. The van der Waals surface area contributed by atoms with Gasteiger partial charge in [-0.3, -0.25) is 0 Å². The van der Waals surface area contributed by atoms with Crippen LogP contribution < -0.4 is 15.0 Å². The number of likely N-dealkylation sites (tertiary alicyclic amines) is 1. The van der Waals surface area contributed by atoms with Gasteiger partial charge in [-0.05, 0) is 98.4 Å². The molecule has 6 aliphatic rings. The average molecular weight is 712 g/mol. The molecule has 2 saturated carbocycles. The highest BCUT2D eigenvalue weighted by Crippen LogP contribution is 2.50. The van der Waals surface area contributed by atoms with Crippen molar-refractivity contribution in [2.45, 2.75) is 101 Å². The van der Waals surface area contributed by atoms with E-state index in [0.717, 1.165) is 63.2 Å². The van der Waals surface area contributed by atoms with Crippen LogP contribution >= 0.6 is 0 Å². The smallest absolute Gasteiger partial charge is 0.416 e. The van der Waals surface area contributed by atoms with Crippen LogP contribution in [0.5, 0.6) is 6.01 Å². The molecule has 0 spiro atoms. The molecule has 0 amide bonds. The number of aliphatic hydroxyl groups excluding tert-OH is 1. The maximum absolute atomic E-state index is 17.3. The summed E-state index contributed by atoms with van der Waals surface area (Å²) in [4.78, 5) is 13.8. The maximum Gasteiger partial charge on any atom is 0.416 e. The monoisotopic (exact) mass is 711 g/mol. The molecule has 51 heavy (non-hydrogen) atoms. The van der Waals surface area contributed by atoms with E-state index in [1.54, 1.807) is 6.92 Å². The Morgan fingerprint density at radius 2 is 1.71 bits per heavy atom. The highest BCUT2D eigenvalue weighted by Gasteiger charge is 2.48. The van der Waals surface area contributed by atoms with Gasteiger partial charge in [-0.1, -0.05) is 19.4 Å². The topological polar surface area (TPSA) is 73.8 Å². The number of piperazine rings is 1. The fraction of sp³-hybridized carbons (Fsp3) is 0.641. The first-order valence-electron chi connectivity index (χ1n) is 18.9. The third-order valence-electron chi connectivity index (χ3n) is 13.0. The fourth-order valence-corrected chi connectivity index (χ4v) is 10.4. The minimum atomic E-state index is -4.94. The first-order chi connectivity index (χ1) is 24.5. The number of anilines is 1. The van der Waals surface area contributed by atoms with E-state index in [9.17, 15) is 5.11 Å². The van der Waals surface area contributed by atoms with E-state index in [1.807, 2.05) is 4.90 Å². The zero-order chi connectivity index (χ0) is 35.2. The van der Waals surface area contributed by atoms with Crippen LogP contribution in [0.15, 0.2) is 18.2 Å². The summed E-state index contributed by atoms with van der Waals surface area (Å²) in [6.07, 6.45) is 2.08. The van der Waals surface area contributed by atoms with Gasteiger partial charge < -0.3 is 25.0 Å². The van der Waals surface area contributed by atoms with E-state index < -0.39 is 41.0 Å². The standard InChI is InChI=1S/C39H46F5N5O2/c1-2-27-31(40)9-6-21-12-26(50)13-28(32(21)27)33-30(39(42,43)44)14-29-35(34(33)41)46-37(47-36(29)49-17-24-7-8-25(18-49)45-24)51-20-38(10-11-38)19-48-15-22-4-3-5-23(22)16-48/h6,9,14,22-26,28,45,50H,2-5,7-8,10-13,15-20H2,1H3/t22-,23+,24?,25?,26-,28?/m1/s1. The Morgan fingerprint density at radius 3 is 2.37 bits per heavy atom. The molecule has 2 aromatic carbocycles. The number of hydrogen-bond acceptors (Lipinski definition) is 7. The lowest BCUT2D eigenvalue weighted by Crippen LogP contribution is -2.51. The van der Waals surface area contributed by atoms with Crippen LogP contribution in [-0.2, 0) is 19.0 Å². The molecular weight excluding hydrogens is 665 g/mol. The van der Waals surface area contributed by atoms with Gasteiger partial charge in [0.1, 0.15) is 17.2 Å². The summed E-state index contributed by atoms with van der Waals surface area (Å²) in [5.74, 6) is -1.08. The molecule has 3 unspecified atom stereocenters. The summed E-state index contributed by atoms with van der Waals surface area (Å²) in [6, 6.07) is 4.03. The van der Waals surface area contributed by atoms with E-state index in [4.69, 9.17) is 9.72 Å². The van der Waals surface area contributed by atoms with Crippen LogP contribution in [0.4, 0.5) is 27.8 Å². The van der Waals surface area contributed by atoms with Crippen LogP contribution in [0.1, 0.15) is 92.0 Å². The molecule has 3 aliphatic heterocycles. The van der Waals surface area contributed by atoms with Gasteiger partial charge in [-0.15, -0.1) is 0 Å². The molecule has 1 aromatic heterocycles. The molecule has 4 heterocycles. The quantitative estimate of drug-likeness (QED) is 0.251. The van der Waals surface area contributed by atoms with Gasteiger partial charge in [-0.25, -0.2) is 8.78 Å². The highest BCUT2D eigenvalue weighted by atomic mass is 19.4. The Hall–Kier alpha value is -3.09. The number of halogens is 5. The van der Waals surface area contributed by atoms with Gasteiger partial charge in [0, 0.05) is 67.1 Å². The van der Waals surface area contributed by atoms with E-state index in [0.29, 0.717) is 30.8 Å². The Bertz CT molecular complexity index is 1830. The number of aromatic nitrogens is 2. The van der Waals surface area contributed by atoms with Crippen LogP contribution in [0.3, 0.4) is 0 Å². The molecule has 3 saturated heterocycles. The zero-order valence-electron chi connectivity index (χ0n) is 29.0. The Kier molecular flexibility index (Phi) is 8.27. The molecule has 5 fully saturated rings. The van der Waals surface area contributed by atoms with Gasteiger partial charge in [0.2, 0.25) is 0 Å². The van der Waals surface area contributed by atoms with E-state index in [1.165, 1.54) is 31.4 Å². The third kappa shape index (κ3) is 6.06. The number of aliphatic hydroxyl groups is 1. The molecule has 0 radical (unpaired) electrons. The molecule has 9 rings (SSSR count). The lowest BCUT2D eigenvalue weighted by atomic mass is 9.73. The molecule has 3 aromatic rings. The zero-order valence-corrected chi connectivity index (χ0v) is 29.0. The van der Waals surface area contributed by atoms with Crippen molar-refractivity contribution in [3.63, 3.8) is 0 Å². The van der Waals surface area contributed by atoms with Gasteiger partial charge in [0.05, 0.1) is 18.3 Å². The number of ether oxygens (including phenoxy) is 1. The largest absolute Gasteiger partial charge is 0.463 e. The highest BCUT2D eigenvalue weighted by molar-refractivity contribution is 5.92. The Morgan fingerprint density at radius 1 is 0.980 bits per heavy atom. The molecule has 7 nitrogen and oxygen atoms in total. The summed E-state index contributed by atoms with van der Waals surface area (Å²) >= 11 is 0. The summed E-state index contributed by atoms with van der Waals surface area (Å²) in [5, 5.41) is 14.4. The van der Waals surface area contributed by atoms with Crippen molar-refractivity contribution in [3.8, 4) is 6.01 Å². The van der Waals surface area contributed by atoms with Crippen molar-refractivity contribution in [3.05, 3.63) is 57.7 Å². The number of nitrogens with one attached hydrogen (secondary N) is 1. The fourth-order valence-electron chi connectivity index (χ4n) is 10.4. The van der Waals surface area contributed by atoms with Gasteiger partial charge >= 0.3 is 12.2 Å². The minimum Gasteiger partial charge on any atom is -0.463 e. The Balaban J connectivity index is 1.14. The number of benzene rings is 2. The number of hydrogen-bond donors (Lipinski definition) is 2. The van der Waals surface area contributed by atoms with Crippen LogP contribution in [0, 0.1) is 28.9 Å². The molecule has 2 N–H and O–H groups in total. The normalized spacial score (nSPS) is 29.8. The number of nitrogens with zero attached hydrogens (tertiary/aromatic N) is 4. The van der Waals surface area contributed by atoms with Crippen molar-refractivity contribution < 1.29 is 31.8 Å². The second-order valence-corrected chi connectivity index (χ2v) is 16.5. The second kappa shape index (κ2) is 12.5. The van der Waals surface area contributed by atoms with E-state index in [2.05, 4.69) is 15.2 Å². The summed E-state index contributed by atoms with van der Waals surface area (Å²) in [7, 11) is 0. The molecule has 12 heteroatoms. The Labute approximate surface area is 295 Å². The maximum atomic E-state index is 17.3. The minimum absolute atomic E-state index is 0.0199. The van der Waals surface area contributed by atoms with Gasteiger partial charge in [-0.2, -0.15) is 23.1 Å². The number of alkyl halides is 3. The molecule has 274 valence electrons. The van der Waals surface area contributed by atoms with E-state index in [-0.39, 0.29) is 65.1 Å². The first-order valence-corrected chi connectivity index (χ1v) is 18.9. The second-order valence-electron chi connectivity index (χ2n) is 16.5. The van der Waals surface area contributed by atoms with Crippen LogP contribution in [0.25, 0.3) is 10.9 Å². The van der Waals surface area contributed by atoms with Crippen LogP contribution in [-0.4, -0.2) is 77.5 Å². The first kappa shape index (κ1) is 33.7. The van der Waals surface area contributed by atoms with Gasteiger partial charge in [0.25, 0.3) is 0 Å². The molecular formula is C39H46F5N5O2. The lowest BCUT2D eigenvalue weighted by molar-refractivity contribution is -0.138. The van der Waals surface area contributed by atoms with Crippen molar-refractivity contribution in [1.82, 2.24) is 20.2 Å². The summed E-state index contributed by atoms with van der Waals surface area (Å²) in [5.41, 5.74) is -0.925. The number of fused-ring (bicyclic) bond motifs is 5. The number of rotatable bonds is 8. The third-order valence-corrected chi connectivity index (χ3v) is 13.0. The SMILES string of the molecule is CCc1c(F)ccc2c1C(c1c(C(F)(F)F)cc3c(N4CC5CCC(C4)N5)nc(OCC4(CN5C[C@H]6CCC[C@H]6C5)CC4)nc3c1F)C[C@H](O)C2. The predicted molar refractivity (Wildman–Crippen MR) is 183 cm³/mol. The van der Waals surface area contributed by atoms with Crippen molar-refractivity contribution in [2.75, 3.05) is 44.2 Å². The average Bonchev–Trinajstić information content (AvgIpc) is 3.33. The van der Waals surface area contributed by atoms with Crippen molar-refractivity contribution >= 4 is 16.7 Å². The van der Waals surface area contributed by atoms with Gasteiger partial charge in [0.15, 0.2) is 5.82 Å².